The van der Waals surface area contributed by atoms with Gasteiger partial charge in [0.2, 0.25) is 0 Å². The summed E-state index contributed by atoms with van der Waals surface area (Å²) in [6.07, 6.45) is 5.70. The molecule has 2 rings (SSSR count). The summed E-state index contributed by atoms with van der Waals surface area (Å²) in [7, 11) is 0. The van der Waals surface area contributed by atoms with Crippen molar-refractivity contribution in [2.75, 3.05) is 5.73 Å². The molecular formula is C20H28N2. The van der Waals surface area contributed by atoms with Crippen molar-refractivity contribution in [3.05, 3.63) is 65.7 Å². The fraction of sp³-hybridized carbons (Fsp3) is 0.400. The zero-order valence-electron chi connectivity index (χ0n) is 13.5. The number of rotatable bonds is 8. The van der Waals surface area contributed by atoms with Crippen LogP contribution in [0.1, 0.15) is 56.1 Å². The van der Waals surface area contributed by atoms with Crippen LogP contribution >= 0.6 is 0 Å². The van der Waals surface area contributed by atoms with Crippen LogP contribution in [0.4, 0.5) is 5.69 Å². The number of hydrogen-bond acceptors (Lipinski definition) is 2. The summed E-state index contributed by atoms with van der Waals surface area (Å²) in [6.45, 7) is 2.22. The minimum Gasteiger partial charge on any atom is -0.399 e. The molecule has 2 nitrogen and oxygen atoms in total. The lowest BCUT2D eigenvalue weighted by atomic mass is 9.86. The van der Waals surface area contributed by atoms with E-state index >= 15 is 0 Å². The molecule has 0 heterocycles. The Bertz CT molecular complexity index is 533. The second kappa shape index (κ2) is 8.60. The van der Waals surface area contributed by atoms with Crippen LogP contribution in [0.15, 0.2) is 54.6 Å². The van der Waals surface area contributed by atoms with Crippen molar-refractivity contribution in [1.29, 1.82) is 0 Å². The van der Waals surface area contributed by atoms with E-state index in [1.165, 1.54) is 24.0 Å². The Hall–Kier alpha value is -1.80. The first-order valence-electron chi connectivity index (χ1n) is 8.36. The molecule has 2 atom stereocenters. The SMILES string of the molecule is CCCCC(N)CCC(c1ccccc1)c1ccc(N)cc1. The Morgan fingerprint density at radius 1 is 0.818 bits per heavy atom. The molecule has 2 heteroatoms. The van der Waals surface area contributed by atoms with E-state index in [2.05, 4.69) is 49.4 Å². The van der Waals surface area contributed by atoms with Crippen molar-refractivity contribution < 1.29 is 0 Å². The maximum atomic E-state index is 6.27. The second-order valence-electron chi connectivity index (χ2n) is 6.11. The van der Waals surface area contributed by atoms with Gasteiger partial charge in [0, 0.05) is 17.6 Å². The predicted octanol–water partition coefficient (Wildman–Crippen LogP) is 4.70. The van der Waals surface area contributed by atoms with E-state index in [1.807, 2.05) is 12.1 Å². The van der Waals surface area contributed by atoms with Crippen LogP contribution in [-0.4, -0.2) is 6.04 Å². The van der Waals surface area contributed by atoms with E-state index < -0.39 is 0 Å². The first kappa shape index (κ1) is 16.6. The zero-order valence-corrected chi connectivity index (χ0v) is 13.5. The van der Waals surface area contributed by atoms with Gasteiger partial charge in [-0.25, -0.2) is 0 Å². The number of hydrogen-bond donors (Lipinski definition) is 2. The van der Waals surface area contributed by atoms with Gasteiger partial charge in [0.1, 0.15) is 0 Å². The maximum absolute atomic E-state index is 6.27. The van der Waals surface area contributed by atoms with Crippen molar-refractivity contribution >= 4 is 5.69 Å². The highest BCUT2D eigenvalue weighted by molar-refractivity contribution is 5.42. The highest BCUT2D eigenvalue weighted by atomic mass is 14.6. The van der Waals surface area contributed by atoms with E-state index in [0.29, 0.717) is 12.0 Å². The molecule has 0 aromatic heterocycles. The van der Waals surface area contributed by atoms with Crippen molar-refractivity contribution in [3.63, 3.8) is 0 Å². The third-order valence-corrected chi connectivity index (χ3v) is 4.30. The largest absolute Gasteiger partial charge is 0.399 e. The third kappa shape index (κ3) is 4.88. The molecule has 118 valence electrons. The molecule has 0 spiro atoms. The predicted molar refractivity (Wildman–Crippen MR) is 95.9 cm³/mol. The van der Waals surface area contributed by atoms with Crippen molar-refractivity contribution in [2.45, 2.75) is 51.0 Å². The van der Waals surface area contributed by atoms with Gasteiger partial charge >= 0.3 is 0 Å². The molecule has 4 N–H and O–H groups in total. The Balaban J connectivity index is 2.10. The first-order chi connectivity index (χ1) is 10.7. The molecule has 0 bridgehead atoms. The maximum Gasteiger partial charge on any atom is 0.0314 e. The standard InChI is InChI=1S/C20H28N2/c1-2-3-9-18(21)14-15-20(16-7-5-4-6-8-16)17-10-12-19(22)13-11-17/h4-8,10-13,18,20H,2-3,9,14-15,21-22H2,1H3. The topological polar surface area (TPSA) is 52.0 Å². The van der Waals surface area contributed by atoms with Gasteiger partial charge < -0.3 is 11.5 Å². The summed E-state index contributed by atoms with van der Waals surface area (Å²) in [5.74, 6) is 0.398. The van der Waals surface area contributed by atoms with Crippen LogP contribution in [0, 0.1) is 0 Å². The molecule has 0 fully saturated rings. The van der Waals surface area contributed by atoms with E-state index in [-0.39, 0.29) is 0 Å². The monoisotopic (exact) mass is 296 g/mol. The van der Waals surface area contributed by atoms with Crippen molar-refractivity contribution in [3.8, 4) is 0 Å². The summed E-state index contributed by atoms with van der Waals surface area (Å²) in [5, 5.41) is 0. The van der Waals surface area contributed by atoms with E-state index in [1.54, 1.807) is 0 Å². The summed E-state index contributed by atoms with van der Waals surface area (Å²) in [4.78, 5) is 0. The molecule has 0 amide bonds. The molecule has 0 radical (unpaired) electrons. The van der Waals surface area contributed by atoms with Crippen molar-refractivity contribution in [2.24, 2.45) is 5.73 Å². The summed E-state index contributed by atoms with van der Waals surface area (Å²) in [5.41, 5.74) is 15.6. The van der Waals surface area contributed by atoms with Gasteiger partial charge in [0.05, 0.1) is 0 Å². The average molecular weight is 296 g/mol. The van der Waals surface area contributed by atoms with Gasteiger partial charge in [0.15, 0.2) is 0 Å². The molecule has 2 unspecified atom stereocenters. The minimum atomic E-state index is 0.306. The minimum absolute atomic E-state index is 0.306. The summed E-state index contributed by atoms with van der Waals surface area (Å²) < 4.78 is 0. The van der Waals surface area contributed by atoms with Gasteiger partial charge in [-0.1, -0.05) is 62.2 Å². The Labute approximate surface area is 134 Å². The quantitative estimate of drug-likeness (QED) is 0.694. The highest BCUT2D eigenvalue weighted by Gasteiger charge is 2.15. The molecule has 2 aromatic carbocycles. The van der Waals surface area contributed by atoms with Crippen LogP contribution in [0.5, 0.6) is 0 Å². The molecule has 0 aliphatic carbocycles. The lowest BCUT2D eigenvalue weighted by molar-refractivity contribution is 0.507. The van der Waals surface area contributed by atoms with Gasteiger partial charge in [0.25, 0.3) is 0 Å². The second-order valence-corrected chi connectivity index (χ2v) is 6.11. The highest BCUT2D eigenvalue weighted by Crippen LogP contribution is 2.30. The molecule has 22 heavy (non-hydrogen) atoms. The lowest BCUT2D eigenvalue weighted by Crippen LogP contribution is -2.20. The van der Waals surface area contributed by atoms with Gasteiger partial charge in [-0.15, -0.1) is 0 Å². The van der Waals surface area contributed by atoms with Gasteiger partial charge in [-0.3, -0.25) is 0 Å². The summed E-state index contributed by atoms with van der Waals surface area (Å²) >= 11 is 0. The van der Waals surface area contributed by atoms with Crippen LogP contribution in [0.25, 0.3) is 0 Å². The molecular weight excluding hydrogens is 268 g/mol. The van der Waals surface area contributed by atoms with Gasteiger partial charge in [-0.2, -0.15) is 0 Å². The van der Waals surface area contributed by atoms with E-state index in [0.717, 1.165) is 24.9 Å². The van der Waals surface area contributed by atoms with Crippen molar-refractivity contribution in [1.82, 2.24) is 0 Å². The first-order valence-corrected chi connectivity index (χ1v) is 8.36. The van der Waals surface area contributed by atoms with Crippen LogP contribution in [-0.2, 0) is 0 Å². The fourth-order valence-corrected chi connectivity index (χ4v) is 2.93. The number of unbranched alkanes of at least 4 members (excludes halogenated alkanes) is 1. The summed E-state index contributed by atoms with van der Waals surface area (Å²) in [6, 6.07) is 19.3. The molecule has 0 saturated carbocycles. The van der Waals surface area contributed by atoms with Crippen LogP contribution in [0.3, 0.4) is 0 Å². The van der Waals surface area contributed by atoms with Crippen LogP contribution in [0.2, 0.25) is 0 Å². The smallest absolute Gasteiger partial charge is 0.0314 e. The molecule has 0 saturated heterocycles. The number of benzene rings is 2. The molecule has 0 aliphatic rings. The van der Waals surface area contributed by atoms with Gasteiger partial charge in [-0.05, 0) is 42.5 Å². The third-order valence-electron chi connectivity index (χ3n) is 4.30. The van der Waals surface area contributed by atoms with E-state index in [9.17, 15) is 0 Å². The Morgan fingerprint density at radius 2 is 1.45 bits per heavy atom. The number of anilines is 1. The number of nitrogen functional groups attached to an aromatic ring is 1. The Morgan fingerprint density at radius 3 is 2.09 bits per heavy atom. The van der Waals surface area contributed by atoms with Crippen LogP contribution < -0.4 is 11.5 Å². The lowest BCUT2D eigenvalue weighted by Gasteiger charge is -2.20. The molecule has 0 aliphatic heterocycles. The normalized spacial score (nSPS) is 13.7. The van der Waals surface area contributed by atoms with E-state index in [4.69, 9.17) is 11.5 Å². The zero-order chi connectivity index (χ0) is 15.8. The number of nitrogens with two attached hydrogens (primary N) is 2. The molecule has 2 aromatic rings. The Kier molecular flexibility index (Phi) is 6.47. The fourth-order valence-electron chi connectivity index (χ4n) is 2.93. The average Bonchev–Trinajstić information content (AvgIpc) is 2.55.